The fourth-order valence-electron chi connectivity index (χ4n) is 5.65. The number of fused-ring (bicyclic) bond motifs is 2. The predicted octanol–water partition coefficient (Wildman–Crippen LogP) is 4.33. The first-order valence-electron chi connectivity index (χ1n) is 15.4. The van der Waals surface area contributed by atoms with Crippen molar-refractivity contribution in [3.05, 3.63) is 63.8 Å². The van der Waals surface area contributed by atoms with E-state index < -0.39 is 23.1 Å². The zero-order chi connectivity index (χ0) is 33.7. The van der Waals surface area contributed by atoms with Crippen molar-refractivity contribution in [2.75, 3.05) is 64.0 Å². The number of alkyl halides is 2. The van der Waals surface area contributed by atoms with E-state index in [1.165, 1.54) is 10.7 Å². The average molecular weight is 671 g/mol. The number of carbonyl (C=O) groups is 1. The van der Waals surface area contributed by atoms with Crippen molar-refractivity contribution in [2.24, 2.45) is 0 Å². The molecule has 0 spiro atoms. The molecule has 1 saturated heterocycles. The van der Waals surface area contributed by atoms with Crippen molar-refractivity contribution in [3.63, 3.8) is 0 Å². The molecule has 4 aromatic rings. The second-order valence-electron chi connectivity index (χ2n) is 12.3. The summed E-state index contributed by atoms with van der Waals surface area (Å²) in [5.74, 6) is 1.19. The number of aromatic nitrogens is 4. The Morgan fingerprint density at radius 2 is 1.96 bits per heavy atom. The summed E-state index contributed by atoms with van der Waals surface area (Å²) in [6, 6.07) is 12.2. The van der Waals surface area contributed by atoms with Crippen LogP contribution < -0.4 is 10.3 Å². The van der Waals surface area contributed by atoms with Crippen molar-refractivity contribution in [1.82, 2.24) is 24.2 Å². The van der Waals surface area contributed by atoms with E-state index in [0.717, 1.165) is 5.75 Å². The molecule has 2 aromatic carbocycles. The zero-order valence-corrected chi connectivity index (χ0v) is 27.9. The highest BCUT2D eigenvalue weighted by atomic mass is 32.3. The smallest absolute Gasteiger partial charge is 0.320 e. The Balaban J connectivity index is 1.54. The Bertz CT molecular complexity index is 1850. The number of hydrogen-bond acceptors (Lipinski definition) is 9. The summed E-state index contributed by atoms with van der Waals surface area (Å²) in [6.07, 6.45) is 4.79. The van der Waals surface area contributed by atoms with E-state index in [4.69, 9.17) is 24.3 Å². The lowest BCUT2D eigenvalue weighted by Crippen LogP contribution is -2.33. The van der Waals surface area contributed by atoms with E-state index in [1.54, 1.807) is 19.1 Å². The summed E-state index contributed by atoms with van der Waals surface area (Å²) >= 11 is 0. The van der Waals surface area contributed by atoms with Gasteiger partial charge in [-0.3, -0.25) is 14.5 Å². The van der Waals surface area contributed by atoms with E-state index >= 15 is 0 Å². The molecule has 1 aliphatic rings. The molecule has 0 N–H and O–H groups in total. The lowest BCUT2D eigenvalue weighted by atomic mass is 10.1. The van der Waals surface area contributed by atoms with Gasteiger partial charge in [-0.25, -0.2) is 28.5 Å². The van der Waals surface area contributed by atoms with Crippen LogP contribution in [0.15, 0.2) is 41.2 Å². The Labute approximate surface area is 273 Å². The van der Waals surface area contributed by atoms with Crippen molar-refractivity contribution in [2.45, 2.75) is 39.0 Å². The number of rotatable bonds is 14. The summed E-state index contributed by atoms with van der Waals surface area (Å²) in [5, 5.41) is 15.9. The van der Waals surface area contributed by atoms with E-state index in [1.807, 2.05) is 33.7 Å². The van der Waals surface area contributed by atoms with E-state index in [0.29, 0.717) is 66.0 Å². The SMILES string of the molecule is CCOC(=O)CN1CCC(n2nc(Cc3nc4cc(OCC(F)F)c(C#N)cc4n3COCCS(C)(C)C)c3ccccc3c2=O)C1. The summed E-state index contributed by atoms with van der Waals surface area (Å²) in [4.78, 5) is 32.6. The predicted molar refractivity (Wildman–Crippen MR) is 178 cm³/mol. The Hall–Kier alpha value is -4.06. The fraction of sp³-hybridized carbons (Fsp3) is 0.485. The Morgan fingerprint density at radius 3 is 2.66 bits per heavy atom. The Kier molecular flexibility index (Phi) is 10.8. The number of nitriles is 1. The van der Waals surface area contributed by atoms with Crippen LogP contribution in [0.4, 0.5) is 8.78 Å². The lowest BCUT2D eigenvalue weighted by molar-refractivity contribution is -0.144. The molecule has 1 fully saturated rings. The fourth-order valence-corrected chi connectivity index (χ4v) is 6.27. The number of carbonyl (C=O) groups excluding carboxylic acids is 1. The minimum absolute atomic E-state index is 0.0273. The molecule has 2 aromatic heterocycles. The van der Waals surface area contributed by atoms with Gasteiger partial charge in [-0.15, -0.1) is 0 Å². The number of hydrogen-bond donors (Lipinski definition) is 0. The number of benzene rings is 2. The minimum atomic E-state index is -2.70. The standard InChI is InChI=1S/C33H40F2N6O5S/c1-5-45-32(42)19-39-11-10-23(18-39)41-33(43)25-9-7-6-8-24(25)26(38-41)16-31-37-27-15-29(46-20-30(34)35)22(17-36)14-28(27)40(31)21-44-12-13-47(2,3)4/h6-9,14-15,23,30H,5,10-13,16,18-21H2,1-4H3. The third-order valence-electron chi connectivity index (χ3n) is 7.96. The lowest BCUT2D eigenvalue weighted by Gasteiger charge is -2.24. The van der Waals surface area contributed by atoms with Gasteiger partial charge in [0.25, 0.3) is 12.0 Å². The quantitative estimate of drug-likeness (QED) is 0.142. The van der Waals surface area contributed by atoms with Crippen molar-refractivity contribution in [3.8, 4) is 11.8 Å². The molecule has 0 amide bonds. The van der Waals surface area contributed by atoms with Crippen LogP contribution >= 0.6 is 10.0 Å². The van der Waals surface area contributed by atoms with Gasteiger partial charge >= 0.3 is 5.97 Å². The normalized spacial score (nSPS) is 15.8. The van der Waals surface area contributed by atoms with Crippen molar-refractivity contribution < 1.29 is 27.8 Å². The van der Waals surface area contributed by atoms with Crippen LogP contribution in [-0.2, 0) is 27.4 Å². The number of halogens is 2. The summed E-state index contributed by atoms with van der Waals surface area (Å²) in [6.45, 7) is 3.14. The first-order chi connectivity index (χ1) is 22.5. The molecule has 11 nitrogen and oxygen atoms in total. The molecule has 0 aliphatic carbocycles. The summed E-state index contributed by atoms with van der Waals surface area (Å²) < 4.78 is 45.7. The molecule has 5 rings (SSSR count). The van der Waals surface area contributed by atoms with Gasteiger partial charge in [0.2, 0.25) is 0 Å². The highest BCUT2D eigenvalue weighted by Gasteiger charge is 2.29. The highest BCUT2D eigenvalue weighted by Crippen LogP contribution is 2.34. The van der Waals surface area contributed by atoms with Crippen LogP contribution in [0.2, 0.25) is 0 Å². The van der Waals surface area contributed by atoms with Crippen LogP contribution in [0.5, 0.6) is 5.75 Å². The van der Waals surface area contributed by atoms with Crippen molar-refractivity contribution >= 4 is 37.8 Å². The molecule has 0 saturated carbocycles. The number of imidazole rings is 1. The van der Waals surface area contributed by atoms with Crippen LogP contribution in [-0.4, -0.2) is 101 Å². The molecular formula is C33H40F2N6O5S. The van der Waals surface area contributed by atoms with Gasteiger partial charge in [-0.05, 0) is 44.2 Å². The maximum absolute atomic E-state index is 13.7. The second kappa shape index (κ2) is 14.8. The number of ether oxygens (including phenoxy) is 3. The minimum Gasteiger partial charge on any atom is -0.486 e. The molecule has 0 radical (unpaired) electrons. The second-order valence-corrected chi connectivity index (χ2v) is 16.9. The van der Waals surface area contributed by atoms with Gasteiger partial charge < -0.3 is 18.8 Å². The average Bonchev–Trinajstić information content (AvgIpc) is 3.62. The molecule has 1 atom stereocenters. The third kappa shape index (κ3) is 8.27. The van der Waals surface area contributed by atoms with Gasteiger partial charge in [0.1, 0.15) is 31.0 Å². The maximum atomic E-state index is 13.7. The summed E-state index contributed by atoms with van der Waals surface area (Å²) in [7, 11) is -0.793. The van der Waals surface area contributed by atoms with Gasteiger partial charge in [-0.2, -0.15) is 10.4 Å². The van der Waals surface area contributed by atoms with Crippen LogP contribution in [0.25, 0.3) is 21.8 Å². The molecular weight excluding hydrogens is 630 g/mol. The van der Waals surface area contributed by atoms with Crippen molar-refractivity contribution in [1.29, 1.82) is 5.26 Å². The first-order valence-corrected chi connectivity index (χ1v) is 18.5. The van der Waals surface area contributed by atoms with Gasteiger partial charge in [0, 0.05) is 30.3 Å². The Morgan fingerprint density at radius 1 is 1.19 bits per heavy atom. The highest BCUT2D eigenvalue weighted by molar-refractivity contribution is 8.32. The van der Waals surface area contributed by atoms with Gasteiger partial charge in [0.05, 0.1) is 59.9 Å². The number of likely N-dealkylation sites (tertiary alicyclic amines) is 1. The molecule has 1 unspecified atom stereocenters. The topological polar surface area (TPSA) is 125 Å². The molecule has 47 heavy (non-hydrogen) atoms. The third-order valence-corrected chi connectivity index (χ3v) is 9.35. The monoisotopic (exact) mass is 670 g/mol. The molecule has 1 aliphatic heterocycles. The maximum Gasteiger partial charge on any atom is 0.320 e. The van der Waals surface area contributed by atoms with E-state index in [-0.39, 0.29) is 48.6 Å². The molecule has 3 heterocycles. The zero-order valence-electron chi connectivity index (χ0n) is 27.1. The van der Waals surface area contributed by atoms with Gasteiger partial charge in [0.15, 0.2) is 0 Å². The number of esters is 1. The van der Waals surface area contributed by atoms with E-state index in [9.17, 15) is 23.6 Å². The first kappa shape index (κ1) is 34.3. The van der Waals surface area contributed by atoms with Crippen LogP contribution in [0.3, 0.4) is 0 Å². The van der Waals surface area contributed by atoms with Crippen LogP contribution in [0, 0.1) is 11.3 Å². The van der Waals surface area contributed by atoms with E-state index in [2.05, 4.69) is 18.8 Å². The summed E-state index contributed by atoms with van der Waals surface area (Å²) in [5.41, 5.74) is 1.56. The molecule has 0 bridgehead atoms. The van der Waals surface area contributed by atoms with Gasteiger partial charge in [-0.1, -0.05) is 18.2 Å². The number of nitrogens with zero attached hydrogens (tertiary/aromatic N) is 6. The molecule has 14 heteroatoms. The van der Waals surface area contributed by atoms with Crippen LogP contribution in [0.1, 0.15) is 36.5 Å². The largest absolute Gasteiger partial charge is 0.486 e. The molecule has 252 valence electrons.